The van der Waals surface area contributed by atoms with Gasteiger partial charge in [0.2, 0.25) is 0 Å². The number of hydrogen-bond donors (Lipinski definition) is 2. The maximum absolute atomic E-state index is 12.8. The molecule has 1 aliphatic heterocycles. The van der Waals surface area contributed by atoms with Crippen LogP contribution in [0.3, 0.4) is 0 Å². The lowest BCUT2D eigenvalue weighted by Crippen LogP contribution is -2.35. The fourth-order valence-electron chi connectivity index (χ4n) is 3.64. The number of likely N-dealkylation sites (tertiary alicyclic amines) is 1. The van der Waals surface area contributed by atoms with E-state index in [-0.39, 0.29) is 16.9 Å². The van der Waals surface area contributed by atoms with Crippen LogP contribution < -0.4 is 10.6 Å². The first kappa shape index (κ1) is 20.8. The predicted octanol–water partition coefficient (Wildman–Crippen LogP) is 4.72. The monoisotopic (exact) mass is 429 g/mol. The van der Waals surface area contributed by atoms with Gasteiger partial charge in [-0.2, -0.15) is 0 Å². The molecule has 0 atom stereocenters. The Morgan fingerprint density at radius 3 is 2.10 bits per heavy atom. The summed E-state index contributed by atoms with van der Waals surface area (Å²) < 4.78 is 0. The molecule has 1 saturated heterocycles. The zero-order valence-electron chi connectivity index (χ0n) is 17.0. The summed E-state index contributed by atoms with van der Waals surface area (Å²) in [4.78, 5) is 27.2. The van der Waals surface area contributed by atoms with E-state index in [4.69, 9.17) is 12.2 Å². The van der Waals surface area contributed by atoms with Crippen LogP contribution in [0.2, 0.25) is 0 Å². The first-order valence-electron chi connectivity index (χ1n) is 10.3. The van der Waals surface area contributed by atoms with Crippen LogP contribution in [0, 0.1) is 0 Å². The number of rotatable bonds is 4. The molecule has 0 radical (unpaired) electrons. The highest BCUT2D eigenvalue weighted by molar-refractivity contribution is 7.80. The van der Waals surface area contributed by atoms with E-state index in [0.717, 1.165) is 37.1 Å². The lowest BCUT2D eigenvalue weighted by molar-refractivity contribution is 0.0793. The number of thiocarbonyl (C=S) groups is 1. The third-order valence-corrected chi connectivity index (χ3v) is 5.48. The maximum atomic E-state index is 12.8. The van der Waals surface area contributed by atoms with Gasteiger partial charge in [-0.1, -0.05) is 54.6 Å². The normalized spacial score (nSPS) is 13.0. The zero-order valence-corrected chi connectivity index (χ0v) is 17.8. The highest BCUT2D eigenvalue weighted by atomic mass is 32.1. The van der Waals surface area contributed by atoms with Crippen LogP contribution in [-0.2, 0) is 0 Å². The van der Waals surface area contributed by atoms with Crippen molar-refractivity contribution in [2.45, 2.75) is 12.8 Å². The van der Waals surface area contributed by atoms with Crippen LogP contribution in [0.15, 0.2) is 78.9 Å². The van der Waals surface area contributed by atoms with Crippen LogP contribution in [-0.4, -0.2) is 34.9 Å². The quantitative estimate of drug-likeness (QED) is 0.590. The van der Waals surface area contributed by atoms with Gasteiger partial charge in [0.05, 0.1) is 11.3 Å². The molecule has 0 aliphatic carbocycles. The number of carbonyl (C=O) groups excluding carboxylic acids is 2. The van der Waals surface area contributed by atoms with Crippen LogP contribution in [0.25, 0.3) is 11.1 Å². The first-order valence-corrected chi connectivity index (χ1v) is 10.7. The van der Waals surface area contributed by atoms with E-state index in [2.05, 4.69) is 10.6 Å². The minimum absolute atomic E-state index is 0.0220. The topological polar surface area (TPSA) is 61.4 Å². The lowest BCUT2D eigenvalue weighted by atomic mass is 10.0. The number of carbonyl (C=O) groups is 2. The zero-order chi connectivity index (χ0) is 21.6. The Balaban J connectivity index is 1.41. The molecule has 0 aromatic heterocycles. The van der Waals surface area contributed by atoms with E-state index in [0.29, 0.717) is 16.8 Å². The van der Waals surface area contributed by atoms with Gasteiger partial charge in [0.15, 0.2) is 5.11 Å². The minimum Gasteiger partial charge on any atom is -0.339 e. The predicted molar refractivity (Wildman–Crippen MR) is 127 cm³/mol. The van der Waals surface area contributed by atoms with Crippen molar-refractivity contribution < 1.29 is 9.59 Å². The third-order valence-electron chi connectivity index (χ3n) is 5.28. The third kappa shape index (κ3) is 4.98. The van der Waals surface area contributed by atoms with Crippen molar-refractivity contribution in [2.75, 3.05) is 18.4 Å². The van der Waals surface area contributed by atoms with Gasteiger partial charge in [0.1, 0.15) is 0 Å². The van der Waals surface area contributed by atoms with Gasteiger partial charge in [-0.15, -0.1) is 0 Å². The SMILES string of the molecule is O=C(NC(=S)Nc1ccccc1C(=O)N1CCCC1)c1ccc(-c2ccccc2)cc1. The van der Waals surface area contributed by atoms with Crippen molar-refractivity contribution in [3.63, 3.8) is 0 Å². The Labute approximate surface area is 187 Å². The summed E-state index contributed by atoms with van der Waals surface area (Å²) in [6.45, 7) is 1.54. The second-order valence-corrected chi connectivity index (χ2v) is 7.80. The maximum Gasteiger partial charge on any atom is 0.257 e. The van der Waals surface area contributed by atoms with Crippen molar-refractivity contribution in [1.82, 2.24) is 10.2 Å². The Bertz CT molecular complexity index is 1090. The molecule has 5 nitrogen and oxygen atoms in total. The summed E-state index contributed by atoms with van der Waals surface area (Å²) in [6, 6.07) is 24.5. The van der Waals surface area contributed by atoms with E-state index in [9.17, 15) is 9.59 Å². The smallest absolute Gasteiger partial charge is 0.257 e. The summed E-state index contributed by atoms with van der Waals surface area (Å²) in [5.41, 5.74) is 3.76. The Morgan fingerprint density at radius 1 is 0.774 bits per heavy atom. The van der Waals surface area contributed by atoms with Gasteiger partial charge in [-0.25, -0.2) is 0 Å². The fraction of sp³-hybridized carbons (Fsp3) is 0.160. The molecule has 2 amide bonds. The van der Waals surface area contributed by atoms with E-state index in [1.54, 1.807) is 24.3 Å². The van der Waals surface area contributed by atoms with Gasteiger partial charge >= 0.3 is 0 Å². The molecule has 0 unspecified atom stereocenters. The van der Waals surface area contributed by atoms with Gasteiger partial charge < -0.3 is 10.2 Å². The number of nitrogens with one attached hydrogen (secondary N) is 2. The molecule has 6 heteroatoms. The molecule has 0 spiro atoms. The molecule has 0 saturated carbocycles. The highest BCUT2D eigenvalue weighted by Gasteiger charge is 2.22. The van der Waals surface area contributed by atoms with Crippen molar-refractivity contribution >= 4 is 34.8 Å². The number of amides is 2. The molecule has 156 valence electrons. The fourth-order valence-corrected chi connectivity index (χ4v) is 3.85. The summed E-state index contributed by atoms with van der Waals surface area (Å²) in [5.74, 6) is -0.327. The molecular formula is C25H23N3O2S. The number of hydrogen-bond acceptors (Lipinski definition) is 3. The standard InChI is InChI=1S/C25H23N3O2S/c29-23(20-14-12-19(13-15-20)18-8-2-1-3-9-18)27-25(31)26-22-11-5-4-10-21(22)24(30)28-16-6-7-17-28/h1-5,8-15H,6-7,16-17H2,(H2,26,27,29,31). The van der Waals surface area contributed by atoms with E-state index in [1.165, 1.54) is 0 Å². The summed E-state index contributed by atoms with van der Waals surface area (Å²) >= 11 is 5.33. The molecular weight excluding hydrogens is 406 g/mol. The number of para-hydroxylation sites is 1. The van der Waals surface area contributed by atoms with E-state index >= 15 is 0 Å². The number of nitrogens with zero attached hydrogens (tertiary/aromatic N) is 1. The van der Waals surface area contributed by atoms with Crippen LogP contribution in [0.1, 0.15) is 33.6 Å². The van der Waals surface area contributed by atoms with E-state index in [1.807, 2.05) is 59.5 Å². The van der Waals surface area contributed by atoms with Crippen molar-refractivity contribution in [3.05, 3.63) is 90.0 Å². The van der Waals surface area contributed by atoms with Crippen molar-refractivity contribution in [2.24, 2.45) is 0 Å². The second kappa shape index (κ2) is 9.53. The van der Waals surface area contributed by atoms with Gasteiger partial charge in [-0.05, 0) is 60.5 Å². The molecule has 4 rings (SSSR count). The van der Waals surface area contributed by atoms with E-state index < -0.39 is 0 Å². The molecule has 1 aliphatic rings. The van der Waals surface area contributed by atoms with Gasteiger partial charge in [0.25, 0.3) is 11.8 Å². The lowest BCUT2D eigenvalue weighted by Gasteiger charge is -2.18. The van der Waals surface area contributed by atoms with Gasteiger partial charge in [-0.3, -0.25) is 14.9 Å². The molecule has 2 N–H and O–H groups in total. The summed E-state index contributed by atoms with van der Waals surface area (Å²) in [7, 11) is 0. The molecule has 1 heterocycles. The molecule has 0 bridgehead atoms. The van der Waals surface area contributed by atoms with Crippen LogP contribution >= 0.6 is 12.2 Å². The second-order valence-electron chi connectivity index (χ2n) is 7.40. The van der Waals surface area contributed by atoms with Crippen LogP contribution in [0.5, 0.6) is 0 Å². The Kier molecular flexibility index (Phi) is 6.38. The molecule has 1 fully saturated rings. The van der Waals surface area contributed by atoms with Crippen molar-refractivity contribution in [1.29, 1.82) is 0 Å². The Hall–Kier alpha value is -3.51. The highest BCUT2D eigenvalue weighted by Crippen LogP contribution is 2.21. The molecule has 3 aromatic rings. The summed E-state index contributed by atoms with van der Waals surface area (Å²) in [6.07, 6.45) is 2.05. The Morgan fingerprint density at radius 2 is 1.39 bits per heavy atom. The molecule has 31 heavy (non-hydrogen) atoms. The van der Waals surface area contributed by atoms with Gasteiger partial charge in [0, 0.05) is 18.7 Å². The minimum atomic E-state index is -0.305. The van der Waals surface area contributed by atoms with Crippen molar-refractivity contribution in [3.8, 4) is 11.1 Å². The number of anilines is 1. The first-order chi connectivity index (χ1) is 15.1. The summed E-state index contributed by atoms with van der Waals surface area (Å²) in [5, 5.41) is 5.85. The average Bonchev–Trinajstić information content (AvgIpc) is 3.35. The molecule has 3 aromatic carbocycles. The van der Waals surface area contributed by atoms with Crippen LogP contribution in [0.4, 0.5) is 5.69 Å². The average molecular weight is 430 g/mol. The largest absolute Gasteiger partial charge is 0.339 e. The number of benzene rings is 3.